The summed E-state index contributed by atoms with van der Waals surface area (Å²) in [4.78, 5) is 2.26. The third-order valence-electron chi connectivity index (χ3n) is 6.26. The number of hydrogen-bond donors (Lipinski definition) is 0. The minimum atomic E-state index is 0.875. The number of anilines is 3. The summed E-state index contributed by atoms with van der Waals surface area (Å²) in [7, 11) is 0. The van der Waals surface area contributed by atoms with Gasteiger partial charge >= 0.3 is 0 Å². The Labute approximate surface area is 190 Å². The van der Waals surface area contributed by atoms with Crippen molar-refractivity contribution in [2.75, 3.05) is 4.90 Å². The summed E-state index contributed by atoms with van der Waals surface area (Å²) >= 11 is 0. The lowest BCUT2D eigenvalue weighted by Gasteiger charge is -2.25. The number of benzene rings is 5. The van der Waals surface area contributed by atoms with E-state index in [0.29, 0.717) is 0 Å². The van der Waals surface area contributed by atoms with Crippen LogP contribution in [-0.2, 0) is 0 Å². The van der Waals surface area contributed by atoms with E-state index in [1.54, 1.807) is 0 Å². The number of fused-ring (bicyclic) bond motifs is 6. The van der Waals surface area contributed by atoms with Crippen LogP contribution in [0, 0.1) is 0 Å². The van der Waals surface area contributed by atoms with Crippen LogP contribution in [0.25, 0.3) is 43.9 Å². The molecule has 0 fully saturated rings. The SMILES string of the molecule is c1ccc(N(c2ccc3oc4ccccc4c3c2)c2cccc3c2oc2ccccc23)cc1. The van der Waals surface area contributed by atoms with Gasteiger partial charge in [0.2, 0.25) is 0 Å². The fourth-order valence-corrected chi connectivity index (χ4v) is 4.77. The molecule has 3 nitrogen and oxygen atoms in total. The molecule has 0 aliphatic rings. The van der Waals surface area contributed by atoms with Crippen molar-refractivity contribution in [2.45, 2.75) is 0 Å². The van der Waals surface area contributed by atoms with Crippen LogP contribution in [0.5, 0.6) is 0 Å². The Morgan fingerprint density at radius 1 is 0.424 bits per heavy atom. The van der Waals surface area contributed by atoms with Crippen molar-refractivity contribution in [1.82, 2.24) is 0 Å². The first-order valence-electron chi connectivity index (χ1n) is 11.0. The topological polar surface area (TPSA) is 29.5 Å². The van der Waals surface area contributed by atoms with Crippen LogP contribution < -0.4 is 4.90 Å². The Hall–Kier alpha value is -4.50. The minimum absolute atomic E-state index is 0.875. The molecule has 0 saturated carbocycles. The van der Waals surface area contributed by atoms with Crippen molar-refractivity contribution < 1.29 is 8.83 Å². The molecule has 0 atom stereocenters. The van der Waals surface area contributed by atoms with Crippen molar-refractivity contribution in [3.63, 3.8) is 0 Å². The van der Waals surface area contributed by atoms with Crippen LogP contribution in [0.15, 0.2) is 124 Å². The molecule has 156 valence electrons. The van der Waals surface area contributed by atoms with Crippen LogP contribution in [0.2, 0.25) is 0 Å². The van der Waals surface area contributed by atoms with Gasteiger partial charge in [0.25, 0.3) is 0 Å². The molecular weight excluding hydrogens is 406 g/mol. The maximum Gasteiger partial charge on any atom is 0.159 e. The van der Waals surface area contributed by atoms with E-state index in [4.69, 9.17) is 8.83 Å². The van der Waals surface area contributed by atoms with Crippen molar-refractivity contribution >= 4 is 60.9 Å². The molecule has 0 aliphatic heterocycles. The largest absolute Gasteiger partial charge is 0.456 e. The molecule has 0 bridgehead atoms. The van der Waals surface area contributed by atoms with Gasteiger partial charge in [-0.3, -0.25) is 0 Å². The fourth-order valence-electron chi connectivity index (χ4n) is 4.77. The molecule has 0 aliphatic carbocycles. The molecule has 0 spiro atoms. The van der Waals surface area contributed by atoms with Gasteiger partial charge in [0.15, 0.2) is 5.58 Å². The van der Waals surface area contributed by atoms with Crippen molar-refractivity contribution in [1.29, 1.82) is 0 Å². The lowest BCUT2D eigenvalue weighted by atomic mass is 10.1. The Morgan fingerprint density at radius 2 is 1.06 bits per heavy atom. The number of hydrogen-bond acceptors (Lipinski definition) is 3. The second-order valence-corrected chi connectivity index (χ2v) is 8.20. The highest BCUT2D eigenvalue weighted by Crippen LogP contribution is 2.43. The molecule has 2 aromatic heterocycles. The Kier molecular flexibility index (Phi) is 3.84. The van der Waals surface area contributed by atoms with Gasteiger partial charge in [-0.1, -0.05) is 66.7 Å². The zero-order chi connectivity index (χ0) is 21.8. The molecule has 0 saturated heterocycles. The maximum atomic E-state index is 6.39. The van der Waals surface area contributed by atoms with Crippen molar-refractivity contribution in [2.24, 2.45) is 0 Å². The molecule has 3 heteroatoms. The molecule has 0 amide bonds. The summed E-state index contributed by atoms with van der Waals surface area (Å²) in [5, 5.41) is 4.45. The number of nitrogens with zero attached hydrogens (tertiary/aromatic N) is 1. The summed E-state index contributed by atoms with van der Waals surface area (Å²) in [5.41, 5.74) is 6.67. The molecule has 5 aromatic carbocycles. The van der Waals surface area contributed by atoms with E-state index in [-0.39, 0.29) is 0 Å². The second kappa shape index (κ2) is 7.01. The molecule has 2 heterocycles. The van der Waals surface area contributed by atoms with Gasteiger partial charge < -0.3 is 13.7 Å². The summed E-state index contributed by atoms with van der Waals surface area (Å²) in [6.07, 6.45) is 0. The highest BCUT2D eigenvalue weighted by molar-refractivity contribution is 6.11. The zero-order valence-corrected chi connectivity index (χ0v) is 17.7. The van der Waals surface area contributed by atoms with Gasteiger partial charge in [-0.15, -0.1) is 0 Å². The van der Waals surface area contributed by atoms with E-state index < -0.39 is 0 Å². The van der Waals surface area contributed by atoms with Crippen LogP contribution in [0.4, 0.5) is 17.1 Å². The molecule has 0 N–H and O–H groups in total. The monoisotopic (exact) mass is 425 g/mol. The van der Waals surface area contributed by atoms with Crippen LogP contribution >= 0.6 is 0 Å². The van der Waals surface area contributed by atoms with Gasteiger partial charge in [-0.25, -0.2) is 0 Å². The summed E-state index contributed by atoms with van der Waals surface area (Å²) < 4.78 is 12.5. The highest BCUT2D eigenvalue weighted by atomic mass is 16.3. The lowest BCUT2D eigenvalue weighted by Crippen LogP contribution is -2.10. The van der Waals surface area contributed by atoms with Gasteiger partial charge in [-0.2, -0.15) is 0 Å². The van der Waals surface area contributed by atoms with E-state index in [2.05, 4.69) is 83.8 Å². The molecule has 0 radical (unpaired) electrons. The number of rotatable bonds is 3. The Balaban J connectivity index is 1.53. The third-order valence-corrected chi connectivity index (χ3v) is 6.26. The van der Waals surface area contributed by atoms with E-state index in [1.165, 1.54) is 0 Å². The van der Waals surface area contributed by atoms with Crippen molar-refractivity contribution in [3.05, 3.63) is 115 Å². The van der Waals surface area contributed by atoms with Crippen LogP contribution in [0.1, 0.15) is 0 Å². The maximum absolute atomic E-state index is 6.39. The van der Waals surface area contributed by atoms with E-state index >= 15 is 0 Å². The van der Waals surface area contributed by atoms with E-state index in [1.807, 2.05) is 36.4 Å². The van der Waals surface area contributed by atoms with Gasteiger partial charge in [-0.05, 0) is 48.5 Å². The van der Waals surface area contributed by atoms with Gasteiger partial charge in [0, 0.05) is 32.9 Å². The quantitative estimate of drug-likeness (QED) is 0.283. The first kappa shape index (κ1) is 18.1. The normalized spacial score (nSPS) is 11.6. The van der Waals surface area contributed by atoms with Gasteiger partial charge in [0.1, 0.15) is 16.7 Å². The Bertz CT molecular complexity index is 1780. The average Bonchev–Trinajstić information content (AvgIpc) is 3.44. The molecule has 7 aromatic rings. The Morgan fingerprint density at radius 3 is 1.88 bits per heavy atom. The molecule has 7 rings (SSSR count). The molecular formula is C30H19NO2. The lowest BCUT2D eigenvalue weighted by molar-refractivity contribution is 0.669. The van der Waals surface area contributed by atoms with E-state index in [9.17, 15) is 0 Å². The summed E-state index contributed by atoms with van der Waals surface area (Å²) in [6, 6.07) is 39.5. The fraction of sp³-hybridized carbons (Fsp3) is 0. The first-order chi connectivity index (χ1) is 16.4. The zero-order valence-electron chi connectivity index (χ0n) is 17.7. The standard InChI is InChI=1S/C30H19NO2/c1-2-9-20(10-3-1)31(21-17-18-29-25(19-21)23-12-5-6-15-27(23)32-29)26-14-8-13-24-22-11-4-7-16-28(22)33-30(24)26/h1-19H. The highest BCUT2D eigenvalue weighted by Gasteiger charge is 2.20. The number of para-hydroxylation sites is 4. The third kappa shape index (κ3) is 2.76. The van der Waals surface area contributed by atoms with E-state index in [0.717, 1.165) is 60.9 Å². The minimum Gasteiger partial charge on any atom is -0.456 e. The predicted molar refractivity (Wildman–Crippen MR) is 136 cm³/mol. The predicted octanol–water partition coefficient (Wildman–Crippen LogP) is 8.96. The van der Waals surface area contributed by atoms with Crippen LogP contribution in [-0.4, -0.2) is 0 Å². The average molecular weight is 425 g/mol. The first-order valence-corrected chi connectivity index (χ1v) is 11.0. The van der Waals surface area contributed by atoms with Gasteiger partial charge in [0.05, 0.1) is 5.69 Å². The molecule has 33 heavy (non-hydrogen) atoms. The second-order valence-electron chi connectivity index (χ2n) is 8.20. The van der Waals surface area contributed by atoms with Crippen LogP contribution in [0.3, 0.4) is 0 Å². The smallest absolute Gasteiger partial charge is 0.159 e. The summed E-state index contributed by atoms with van der Waals surface area (Å²) in [5.74, 6) is 0. The van der Waals surface area contributed by atoms with Crippen molar-refractivity contribution in [3.8, 4) is 0 Å². The summed E-state index contributed by atoms with van der Waals surface area (Å²) in [6.45, 7) is 0. The number of furan rings is 2. The molecule has 0 unspecified atom stereocenters.